The van der Waals surface area contributed by atoms with Crippen LogP contribution in [0.3, 0.4) is 0 Å². The Hall–Kier alpha value is -2.49. The molecule has 2 heterocycles. The fourth-order valence-corrected chi connectivity index (χ4v) is 5.10. The number of pyridine rings is 1. The largest absolute Gasteiger partial charge is 0.496 e. The molecule has 8 nitrogen and oxygen atoms in total. The molecule has 1 aliphatic rings. The van der Waals surface area contributed by atoms with Crippen molar-refractivity contribution in [3.8, 4) is 5.75 Å². The standard InChI is InChI=1S/C22H30N4O4S/c1-16-5-7-19(8-6-16)31(28,29)26-11-9-25(10-12-26)15-21(27)24-14-20-18(3)22(30-4)17(2)13-23-20/h5-8,13H,9-12,14-15H2,1-4H3,(H,24,27). The first-order valence-corrected chi connectivity index (χ1v) is 11.7. The number of aryl methyl sites for hydroxylation is 2. The van der Waals surface area contributed by atoms with Crippen LogP contribution < -0.4 is 10.1 Å². The third-order valence-corrected chi connectivity index (χ3v) is 7.47. The monoisotopic (exact) mass is 446 g/mol. The number of nitrogens with one attached hydrogen (secondary N) is 1. The van der Waals surface area contributed by atoms with Gasteiger partial charge in [0.2, 0.25) is 15.9 Å². The van der Waals surface area contributed by atoms with Crippen LogP contribution in [0.25, 0.3) is 0 Å². The minimum atomic E-state index is -3.51. The summed E-state index contributed by atoms with van der Waals surface area (Å²) in [5.41, 5.74) is 3.65. The molecule has 9 heteroatoms. The molecule has 0 radical (unpaired) electrons. The molecule has 0 bridgehead atoms. The van der Waals surface area contributed by atoms with E-state index < -0.39 is 10.0 Å². The van der Waals surface area contributed by atoms with E-state index in [-0.39, 0.29) is 12.5 Å². The van der Waals surface area contributed by atoms with Gasteiger partial charge >= 0.3 is 0 Å². The van der Waals surface area contributed by atoms with Gasteiger partial charge in [0.1, 0.15) is 5.75 Å². The van der Waals surface area contributed by atoms with Crippen LogP contribution in [0.5, 0.6) is 5.75 Å². The van der Waals surface area contributed by atoms with Gasteiger partial charge in [-0.3, -0.25) is 14.7 Å². The number of ether oxygens (including phenoxy) is 1. The van der Waals surface area contributed by atoms with Crippen LogP contribution in [-0.4, -0.2) is 68.3 Å². The van der Waals surface area contributed by atoms with Crippen molar-refractivity contribution in [1.82, 2.24) is 19.5 Å². The third-order valence-electron chi connectivity index (χ3n) is 5.56. The third kappa shape index (κ3) is 5.41. The molecule has 1 saturated heterocycles. The zero-order valence-electron chi connectivity index (χ0n) is 18.5. The maximum Gasteiger partial charge on any atom is 0.243 e. The Morgan fingerprint density at radius 3 is 2.35 bits per heavy atom. The number of nitrogens with zero attached hydrogens (tertiary/aromatic N) is 3. The van der Waals surface area contributed by atoms with Gasteiger partial charge in [-0.05, 0) is 32.9 Å². The van der Waals surface area contributed by atoms with Gasteiger partial charge in [0.25, 0.3) is 0 Å². The minimum absolute atomic E-state index is 0.115. The van der Waals surface area contributed by atoms with Crippen LogP contribution in [0, 0.1) is 20.8 Å². The summed E-state index contributed by atoms with van der Waals surface area (Å²) in [6.45, 7) is 8.06. The highest BCUT2D eigenvalue weighted by Crippen LogP contribution is 2.23. The maximum absolute atomic E-state index is 12.8. The maximum atomic E-state index is 12.8. The number of amides is 1. The van der Waals surface area contributed by atoms with E-state index in [0.717, 1.165) is 28.1 Å². The van der Waals surface area contributed by atoms with Gasteiger partial charge in [-0.2, -0.15) is 4.31 Å². The van der Waals surface area contributed by atoms with Crippen molar-refractivity contribution in [2.75, 3.05) is 39.8 Å². The Morgan fingerprint density at radius 2 is 1.74 bits per heavy atom. The molecule has 0 unspecified atom stereocenters. The van der Waals surface area contributed by atoms with E-state index in [4.69, 9.17) is 4.74 Å². The van der Waals surface area contributed by atoms with Crippen LogP contribution >= 0.6 is 0 Å². The molecule has 0 saturated carbocycles. The van der Waals surface area contributed by atoms with Crippen LogP contribution in [0.4, 0.5) is 0 Å². The molecule has 3 rings (SSSR count). The van der Waals surface area contributed by atoms with E-state index in [9.17, 15) is 13.2 Å². The molecule has 0 spiro atoms. The molecule has 31 heavy (non-hydrogen) atoms. The fraction of sp³-hybridized carbons (Fsp3) is 0.455. The smallest absolute Gasteiger partial charge is 0.243 e. The van der Waals surface area contributed by atoms with Gasteiger partial charge in [-0.15, -0.1) is 0 Å². The van der Waals surface area contributed by atoms with Crippen LogP contribution in [0.1, 0.15) is 22.4 Å². The van der Waals surface area contributed by atoms with Crippen molar-refractivity contribution >= 4 is 15.9 Å². The number of sulfonamides is 1. The Balaban J connectivity index is 1.51. The van der Waals surface area contributed by atoms with Crippen LogP contribution in [0.2, 0.25) is 0 Å². The highest BCUT2D eigenvalue weighted by molar-refractivity contribution is 7.89. The Kier molecular flexibility index (Phi) is 7.30. The zero-order chi connectivity index (χ0) is 22.6. The lowest BCUT2D eigenvalue weighted by molar-refractivity contribution is -0.122. The van der Waals surface area contributed by atoms with Crippen molar-refractivity contribution in [3.05, 3.63) is 52.8 Å². The molecular weight excluding hydrogens is 416 g/mol. The molecule has 2 aromatic rings. The Bertz CT molecular complexity index is 1030. The minimum Gasteiger partial charge on any atom is -0.496 e. The van der Waals surface area contributed by atoms with Crippen LogP contribution in [0.15, 0.2) is 35.4 Å². The number of piperazine rings is 1. The summed E-state index contributed by atoms with van der Waals surface area (Å²) >= 11 is 0. The van der Waals surface area contributed by atoms with Gasteiger partial charge < -0.3 is 10.1 Å². The van der Waals surface area contributed by atoms with Gasteiger partial charge in [0, 0.05) is 43.5 Å². The summed E-state index contributed by atoms with van der Waals surface area (Å²) in [7, 11) is -1.88. The van der Waals surface area contributed by atoms with Crippen molar-refractivity contribution in [2.45, 2.75) is 32.2 Å². The van der Waals surface area contributed by atoms with Gasteiger partial charge in [0.15, 0.2) is 0 Å². The number of carbonyl (C=O) groups excluding carboxylic acids is 1. The lowest BCUT2D eigenvalue weighted by Crippen LogP contribution is -2.51. The highest BCUT2D eigenvalue weighted by Gasteiger charge is 2.29. The molecule has 1 amide bonds. The van der Waals surface area contributed by atoms with E-state index in [1.54, 1.807) is 37.6 Å². The average Bonchev–Trinajstić information content (AvgIpc) is 2.74. The van der Waals surface area contributed by atoms with Gasteiger partial charge in [0.05, 0.1) is 30.8 Å². The SMILES string of the molecule is COc1c(C)cnc(CNC(=O)CN2CCN(S(=O)(=O)c3ccc(C)cc3)CC2)c1C. The molecule has 168 valence electrons. The molecule has 1 fully saturated rings. The van der Waals surface area contributed by atoms with Crippen molar-refractivity contribution in [3.63, 3.8) is 0 Å². The summed E-state index contributed by atoms with van der Waals surface area (Å²) in [5.74, 6) is 0.667. The summed E-state index contributed by atoms with van der Waals surface area (Å²) in [4.78, 5) is 19.1. The first-order chi connectivity index (χ1) is 14.7. The average molecular weight is 447 g/mol. The number of aromatic nitrogens is 1. The zero-order valence-corrected chi connectivity index (χ0v) is 19.3. The summed E-state index contributed by atoms with van der Waals surface area (Å²) in [6.07, 6.45) is 1.74. The molecule has 1 aliphatic heterocycles. The topological polar surface area (TPSA) is 91.8 Å². The second kappa shape index (κ2) is 9.76. The number of hydrogen-bond acceptors (Lipinski definition) is 6. The van der Waals surface area contributed by atoms with Gasteiger partial charge in [-0.1, -0.05) is 17.7 Å². The highest BCUT2D eigenvalue weighted by atomic mass is 32.2. The van der Waals surface area contributed by atoms with Crippen molar-refractivity contribution < 1.29 is 17.9 Å². The predicted molar refractivity (Wildman–Crippen MR) is 118 cm³/mol. The summed E-state index contributed by atoms with van der Waals surface area (Å²) in [6, 6.07) is 6.88. The lowest BCUT2D eigenvalue weighted by Gasteiger charge is -2.33. The lowest BCUT2D eigenvalue weighted by atomic mass is 10.1. The van der Waals surface area contributed by atoms with E-state index in [0.29, 0.717) is 37.6 Å². The second-order valence-corrected chi connectivity index (χ2v) is 9.75. The number of rotatable bonds is 7. The first kappa shape index (κ1) is 23.2. The Morgan fingerprint density at radius 1 is 1.10 bits per heavy atom. The van der Waals surface area contributed by atoms with E-state index in [2.05, 4.69) is 10.3 Å². The van der Waals surface area contributed by atoms with Crippen molar-refractivity contribution in [2.24, 2.45) is 0 Å². The molecular formula is C22H30N4O4S. The van der Waals surface area contributed by atoms with Crippen molar-refractivity contribution in [1.29, 1.82) is 0 Å². The predicted octanol–water partition coefficient (Wildman–Crippen LogP) is 1.64. The Labute approximate surface area is 184 Å². The number of benzene rings is 1. The van der Waals surface area contributed by atoms with E-state index >= 15 is 0 Å². The molecule has 1 N–H and O–H groups in total. The number of hydrogen-bond donors (Lipinski definition) is 1. The number of carbonyl (C=O) groups is 1. The van der Waals surface area contributed by atoms with E-state index in [1.807, 2.05) is 25.7 Å². The number of methoxy groups -OCH3 is 1. The molecule has 1 aromatic heterocycles. The fourth-order valence-electron chi connectivity index (χ4n) is 3.68. The summed E-state index contributed by atoms with van der Waals surface area (Å²) < 4.78 is 32.5. The second-order valence-electron chi connectivity index (χ2n) is 7.82. The summed E-state index contributed by atoms with van der Waals surface area (Å²) in [5, 5.41) is 2.90. The molecule has 0 aliphatic carbocycles. The van der Waals surface area contributed by atoms with E-state index in [1.165, 1.54) is 4.31 Å². The first-order valence-electron chi connectivity index (χ1n) is 10.3. The molecule has 0 atom stereocenters. The quantitative estimate of drug-likeness (QED) is 0.695. The molecule has 1 aromatic carbocycles. The van der Waals surface area contributed by atoms with Crippen LogP contribution in [-0.2, 0) is 21.4 Å². The normalized spacial score (nSPS) is 15.6. The van der Waals surface area contributed by atoms with Gasteiger partial charge in [-0.25, -0.2) is 8.42 Å².